The Morgan fingerprint density at radius 2 is 1.86 bits per heavy atom. The second kappa shape index (κ2) is 11.1. The van der Waals surface area contributed by atoms with Gasteiger partial charge in [-0.05, 0) is 61.5 Å². The second-order valence-electron chi connectivity index (χ2n) is 13.7. The molecule has 2 aliphatic carbocycles. The molecule has 4 aliphatic rings. The summed E-state index contributed by atoms with van der Waals surface area (Å²) in [6.45, 7) is 7.48. The number of carbonyl (C=O) groups is 3. The van der Waals surface area contributed by atoms with Gasteiger partial charge in [0.05, 0.1) is 24.7 Å². The number of aromatic nitrogens is 2. The number of alkyl carbamates (subject to hydrolysis) is 1. The molecule has 2 aromatic rings. The number of rotatable bonds is 3. The molecule has 1 aromatic heterocycles. The molecule has 2 bridgehead atoms. The fraction of sp³-hybridized carbons (Fsp3) is 0.656. The van der Waals surface area contributed by atoms with Crippen molar-refractivity contribution in [3.8, 4) is 11.6 Å². The molecule has 1 saturated heterocycles. The molecule has 2 amide bonds. The molecular weight excluding hydrogens is 552 g/mol. The minimum absolute atomic E-state index is 0.0493. The third-order valence-electron chi connectivity index (χ3n) is 9.65. The molecule has 3 heterocycles. The van der Waals surface area contributed by atoms with E-state index in [-0.39, 0.29) is 18.6 Å². The van der Waals surface area contributed by atoms with E-state index in [1.807, 2.05) is 45.9 Å². The minimum atomic E-state index is -1.12. The first-order valence-corrected chi connectivity index (χ1v) is 15.5. The van der Waals surface area contributed by atoms with Gasteiger partial charge in [0.1, 0.15) is 35.7 Å². The fourth-order valence-corrected chi connectivity index (χ4v) is 6.98. The molecular formula is C32H42N4O7. The minimum Gasteiger partial charge on any atom is -0.497 e. The van der Waals surface area contributed by atoms with Gasteiger partial charge in [-0.15, -0.1) is 0 Å². The number of hydrogen-bond acceptors (Lipinski definition) is 8. The first-order valence-electron chi connectivity index (χ1n) is 15.5. The lowest BCUT2D eigenvalue weighted by Gasteiger charge is -2.34. The Balaban J connectivity index is 1.40. The molecule has 2 saturated carbocycles. The molecule has 43 heavy (non-hydrogen) atoms. The maximum atomic E-state index is 14.1. The van der Waals surface area contributed by atoms with Crippen LogP contribution in [0.5, 0.6) is 11.6 Å². The summed E-state index contributed by atoms with van der Waals surface area (Å²) in [5.41, 5.74) is 1.47. The fourth-order valence-electron chi connectivity index (χ4n) is 6.98. The normalized spacial score (nSPS) is 32.6. The number of hydrogen-bond donors (Lipinski definition) is 2. The Morgan fingerprint density at radius 3 is 2.56 bits per heavy atom. The van der Waals surface area contributed by atoms with E-state index < -0.39 is 47.5 Å². The van der Waals surface area contributed by atoms with Gasteiger partial charge in [0.2, 0.25) is 11.8 Å². The Kier molecular flexibility index (Phi) is 7.62. The Bertz CT molecular complexity index is 1420. The number of nitrogens with one attached hydrogen (secondary N) is 1. The molecule has 11 heteroatoms. The predicted molar refractivity (Wildman–Crippen MR) is 157 cm³/mol. The zero-order chi connectivity index (χ0) is 30.6. The van der Waals surface area contributed by atoms with Gasteiger partial charge in [0.25, 0.3) is 0 Å². The summed E-state index contributed by atoms with van der Waals surface area (Å²) in [5, 5.41) is 13.1. The molecule has 0 radical (unpaired) electrons. The van der Waals surface area contributed by atoms with Crippen molar-refractivity contribution < 1.29 is 33.7 Å². The first kappa shape index (κ1) is 29.4. The van der Waals surface area contributed by atoms with Gasteiger partial charge >= 0.3 is 12.1 Å². The zero-order valence-electron chi connectivity index (χ0n) is 25.5. The van der Waals surface area contributed by atoms with Crippen LogP contribution < -0.4 is 14.8 Å². The van der Waals surface area contributed by atoms with Crippen LogP contribution >= 0.6 is 0 Å². The van der Waals surface area contributed by atoms with Gasteiger partial charge in [0, 0.05) is 17.9 Å². The molecule has 11 nitrogen and oxygen atoms in total. The highest BCUT2D eigenvalue weighted by molar-refractivity contribution is 5.90. The van der Waals surface area contributed by atoms with Gasteiger partial charge in [-0.1, -0.05) is 34.1 Å². The van der Waals surface area contributed by atoms with Crippen LogP contribution in [-0.2, 0) is 14.3 Å². The van der Waals surface area contributed by atoms with Crippen molar-refractivity contribution in [2.75, 3.05) is 13.7 Å². The van der Waals surface area contributed by atoms with E-state index >= 15 is 0 Å². The van der Waals surface area contributed by atoms with Crippen LogP contribution in [-0.4, -0.2) is 75.9 Å². The van der Waals surface area contributed by atoms with E-state index in [0.717, 1.165) is 43.3 Å². The van der Waals surface area contributed by atoms with Crippen molar-refractivity contribution in [1.82, 2.24) is 20.2 Å². The third kappa shape index (κ3) is 5.82. The van der Waals surface area contributed by atoms with Crippen molar-refractivity contribution >= 4 is 29.0 Å². The average molecular weight is 595 g/mol. The van der Waals surface area contributed by atoms with Crippen LogP contribution in [0.4, 0.5) is 4.79 Å². The number of fused-ring (bicyclic) bond motifs is 7. The average Bonchev–Trinajstić information content (AvgIpc) is 3.86. The first-order chi connectivity index (χ1) is 20.5. The number of benzene rings is 1. The number of carboxylic acid groups (broad SMARTS) is 1. The summed E-state index contributed by atoms with van der Waals surface area (Å²) in [6, 6.07) is 3.47. The quantitative estimate of drug-likeness (QED) is 0.525. The van der Waals surface area contributed by atoms with Crippen LogP contribution in [0.15, 0.2) is 18.2 Å². The lowest BCUT2D eigenvalue weighted by Crippen LogP contribution is -2.57. The SMILES string of the molecule is CC[C@@H]1[C@@H]2CN(C(=O)[C@H](C(C)(C)C)NC(=O)O[C@@H]3CC3CCCC3CC3c3nc4ccc(OC)cc4nc3O2)[C@@H]1C(=O)O. The Morgan fingerprint density at radius 1 is 1.09 bits per heavy atom. The summed E-state index contributed by atoms with van der Waals surface area (Å²) in [7, 11) is 1.60. The second-order valence-corrected chi connectivity index (χ2v) is 13.7. The van der Waals surface area contributed by atoms with E-state index in [2.05, 4.69) is 5.32 Å². The molecule has 6 rings (SSSR count). The highest BCUT2D eigenvalue weighted by Gasteiger charge is 2.52. The van der Waals surface area contributed by atoms with Gasteiger partial charge < -0.3 is 29.5 Å². The van der Waals surface area contributed by atoms with Gasteiger partial charge in [-0.3, -0.25) is 4.79 Å². The van der Waals surface area contributed by atoms with Crippen molar-refractivity contribution in [2.45, 2.75) is 96.4 Å². The van der Waals surface area contributed by atoms with E-state index in [1.54, 1.807) is 7.11 Å². The maximum Gasteiger partial charge on any atom is 0.408 e. The molecule has 8 atom stereocenters. The maximum absolute atomic E-state index is 14.1. The molecule has 2 aliphatic heterocycles. The Hall–Kier alpha value is -3.63. The lowest BCUT2D eigenvalue weighted by molar-refractivity contribution is -0.151. The van der Waals surface area contributed by atoms with E-state index in [1.165, 1.54) is 4.90 Å². The smallest absolute Gasteiger partial charge is 0.408 e. The number of carbonyl (C=O) groups excluding carboxylic acids is 2. The Labute approximate surface area is 251 Å². The number of aliphatic carboxylic acids is 1. The highest BCUT2D eigenvalue weighted by atomic mass is 16.6. The number of amides is 2. The summed E-state index contributed by atoms with van der Waals surface area (Å²) in [4.78, 5) is 51.0. The largest absolute Gasteiger partial charge is 0.497 e. The summed E-state index contributed by atoms with van der Waals surface area (Å²) in [5.74, 6) is -0.0431. The van der Waals surface area contributed by atoms with Crippen molar-refractivity contribution in [3.63, 3.8) is 0 Å². The molecule has 232 valence electrons. The summed E-state index contributed by atoms with van der Waals surface area (Å²) >= 11 is 0. The van der Waals surface area contributed by atoms with Gasteiger partial charge in [-0.25, -0.2) is 19.6 Å². The molecule has 1 aromatic carbocycles. The van der Waals surface area contributed by atoms with Gasteiger partial charge in [0.15, 0.2) is 0 Å². The standard InChI is InChI=1S/C32H42N4O7/c1-6-19-24-15-36(26(19)30(38)39)29(37)27(32(2,3)4)35-31(40)43-23-13-17(23)9-7-8-16-12-20(16)25-28(42-24)34-22-14-18(41-5)10-11-21(22)33-25/h10-11,14,16-17,19-20,23-24,26-27H,6-9,12-13,15H2,1-5H3,(H,35,40)(H,38,39)/t16?,17?,19-,20?,23-,24+,26+,27-/m1/s1. The van der Waals surface area contributed by atoms with Crippen molar-refractivity contribution in [3.05, 3.63) is 23.9 Å². The van der Waals surface area contributed by atoms with Gasteiger partial charge in [-0.2, -0.15) is 0 Å². The number of nitrogens with zero attached hydrogens (tertiary/aromatic N) is 3. The summed E-state index contributed by atoms with van der Waals surface area (Å²) in [6.07, 6.45) is 3.91. The highest BCUT2D eigenvalue weighted by Crippen LogP contribution is 2.53. The summed E-state index contributed by atoms with van der Waals surface area (Å²) < 4.78 is 17.7. The van der Waals surface area contributed by atoms with Crippen molar-refractivity contribution in [2.24, 2.45) is 23.2 Å². The van der Waals surface area contributed by atoms with Crippen LogP contribution in [0.1, 0.15) is 77.8 Å². The van der Waals surface area contributed by atoms with Crippen molar-refractivity contribution in [1.29, 1.82) is 0 Å². The predicted octanol–water partition coefficient (Wildman–Crippen LogP) is 4.52. The van der Waals surface area contributed by atoms with Crippen LogP contribution in [0.2, 0.25) is 0 Å². The number of methoxy groups -OCH3 is 1. The molecule has 3 fully saturated rings. The van der Waals surface area contributed by atoms with Crippen LogP contribution in [0.3, 0.4) is 0 Å². The van der Waals surface area contributed by atoms with E-state index in [4.69, 9.17) is 24.2 Å². The monoisotopic (exact) mass is 594 g/mol. The van der Waals surface area contributed by atoms with E-state index in [0.29, 0.717) is 35.4 Å². The topological polar surface area (TPSA) is 140 Å². The van der Waals surface area contributed by atoms with Crippen LogP contribution in [0.25, 0.3) is 11.0 Å². The zero-order valence-corrected chi connectivity index (χ0v) is 25.5. The number of carboxylic acids is 1. The number of ether oxygens (including phenoxy) is 3. The molecule has 2 N–H and O–H groups in total. The lowest BCUT2D eigenvalue weighted by atomic mass is 9.85. The van der Waals surface area contributed by atoms with Crippen LogP contribution in [0, 0.1) is 23.2 Å². The third-order valence-corrected chi connectivity index (χ3v) is 9.65. The van der Waals surface area contributed by atoms with E-state index in [9.17, 15) is 19.5 Å². The molecule has 0 spiro atoms. The molecule has 3 unspecified atom stereocenters.